The number of carboxylic acid groups (broad SMARTS) is 1. The van der Waals surface area contributed by atoms with Gasteiger partial charge in [-0.25, -0.2) is 4.79 Å². The zero-order valence-electron chi connectivity index (χ0n) is 13.7. The van der Waals surface area contributed by atoms with Crippen molar-refractivity contribution in [2.75, 3.05) is 0 Å². The fourth-order valence-electron chi connectivity index (χ4n) is 2.87. The van der Waals surface area contributed by atoms with E-state index in [0.29, 0.717) is 18.4 Å². The van der Waals surface area contributed by atoms with Crippen molar-refractivity contribution in [2.24, 2.45) is 0 Å². The third kappa shape index (κ3) is 4.04. The summed E-state index contributed by atoms with van der Waals surface area (Å²) in [5.41, 5.74) is 1.54. The van der Waals surface area contributed by atoms with Gasteiger partial charge in [0.1, 0.15) is 6.04 Å². The summed E-state index contributed by atoms with van der Waals surface area (Å²) in [4.78, 5) is 24.1. The first kappa shape index (κ1) is 16.7. The Morgan fingerprint density at radius 2 is 1.56 bits per heavy atom. The van der Waals surface area contributed by atoms with Crippen LogP contribution in [0.1, 0.15) is 22.3 Å². The van der Waals surface area contributed by atoms with Gasteiger partial charge >= 0.3 is 5.97 Å². The molecule has 0 aliphatic carbocycles. The summed E-state index contributed by atoms with van der Waals surface area (Å²) in [6, 6.07) is 21.7. The Bertz CT molecular complexity index is 885. The number of aliphatic carboxylic acids is 1. The van der Waals surface area contributed by atoms with E-state index in [2.05, 4.69) is 5.32 Å². The second-order valence-electron chi connectivity index (χ2n) is 5.92. The molecule has 3 aromatic carbocycles. The number of carboxylic acids is 1. The number of carbonyl (C=O) groups excluding carboxylic acids is 1. The molecule has 0 spiro atoms. The first-order valence-corrected chi connectivity index (χ1v) is 8.20. The van der Waals surface area contributed by atoms with Crippen molar-refractivity contribution in [1.82, 2.24) is 5.32 Å². The number of amides is 1. The van der Waals surface area contributed by atoms with Crippen LogP contribution in [0, 0.1) is 0 Å². The van der Waals surface area contributed by atoms with E-state index in [1.54, 1.807) is 12.1 Å². The lowest BCUT2D eigenvalue weighted by molar-refractivity contribution is -0.139. The minimum atomic E-state index is -1.02. The Labute approximate surface area is 146 Å². The van der Waals surface area contributed by atoms with E-state index in [9.17, 15) is 14.7 Å². The van der Waals surface area contributed by atoms with Crippen LogP contribution < -0.4 is 5.32 Å². The van der Waals surface area contributed by atoms with E-state index >= 15 is 0 Å². The Morgan fingerprint density at radius 3 is 2.32 bits per heavy atom. The predicted octanol–water partition coefficient (Wildman–Crippen LogP) is 3.66. The molecule has 0 fully saturated rings. The van der Waals surface area contributed by atoms with Crippen LogP contribution in [0.25, 0.3) is 10.8 Å². The Morgan fingerprint density at radius 1 is 0.880 bits per heavy atom. The summed E-state index contributed by atoms with van der Waals surface area (Å²) in [7, 11) is 0. The van der Waals surface area contributed by atoms with Crippen LogP contribution in [-0.4, -0.2) is 23.0 Å². The van der Waals surface area contributed by atoms with Crippen molar-refractivity contribution >= 4 is 22.6 Å². The van der Waals surface area contributed by atoms with Gasteiger partial charge in [0.2, 0.25) is 0 Å². The van der Waals surface area contributed by atoms with Gasteiger partial charge in [0.05, 0.1) is 0 Å². The topological polar surface area (TPSA) is 66.4 Å². The third-order valence-corrected chi connectivity index (χ3v) is 4.20. The van der Waals surface area contributed by atoms with Crippen molar-refractivity contribution in [3.63, 3.8) is 0 Å². The number of fused-ring (bicyclic) bond motifs is 1. The maximum Gasteiger partial charge on any atom is 0.326 e. The zero-order chi connectivity index (χ0) is 17.6. The summed E-state index contributed by atoms with van der Waals surface area (Å²) in [5, 5.41) is 13.9. The summed E-state index contributed by atoms with van der Waals surface area (Å²) >= 11 is 0. The molecule has 0 radical (unpaired) electrons. The number of hydrogen-bond donors (Lipinski definition) is 2. The highest BCUT2D eigenvalue weighted by atomic mass is 16.4. The smallest absolute Gasteiger partial charge is 0.326 e. The lowest BCUT2D eigenvalue weighted by atomic mass is 10.0. The van der Waals surface area contributed by atoms with Crippen molar-refractivity contribution in [3.05, 3.63) is 83.9 Å². The molecule has 4 nitrogen and oxygen atoms in total. The van der Waals surface area contributed by atoms with Gasteiger partial charge in [0.15, 0.2) is 0 Å². The Hall–Kier alpha value is -3.14. The molecule has 4 heteroatoms. The molecule has 1 atom stereocenters. The Kier molecular flexibility index (Phi) is 5.09. The molecule has 25 heavy (non-hydrogen) atoms. The van der Waals surface area contributed by atoms with Crippen LogP contribution in [0.3, 0.4) is 0 Å². The first-order valence-electron chi connectivity index (χ1n) is 8.20. The zero-order valence-corrected chi connectivity index (χ0v) is 13.7. The molecule has 0 saturated carbocycles. The van der Waals surface area contributed by atoms with Crippen LogP contribution >= 0.6 is 0 Å². The van der Waals surface area contributed by atoms with E-state index < -0.39 is 12.0 Å². The normalized spacial score (nSPS) is 11.8. The molecule has 126 valence electrons. The molecule has 3 aromatic rings. The maximum atomic E-state index is 12.6. The molecule has 0 aliphatic rings. The minimum Gasteiger partial charge on any atom is -0.480 e. The van der Waals surface area contributed by atoms with Crippen LogP contribution in [-0.2, 0) is 11.2 Å². The monoisotopic (exact) mass is 333 g/mol. The average molecular weight is 333 g/mol. The SMILES string of the molecule is O=C(N[C@H](CCc1ccccc1)C(=O)O)c1cccc2ccccc12. The summed E-state index contributed by atoms with van der Waals surface area (Å²) in [6.07, 6.45) is 0.934. The van der Waals surface area contributed by atoms with Gasteiger partial charge in [-0.15, -0.1) is 0 Å². The van der Waals surface area contributed by atoms with Gasteiger partial charge in [-0.2, -0.15) is 0 Å². The number of aryl methyl sites for hydroxylation is 1. The fraction of sp³-hybridized carbons (Fsp3) is 0.143. The number of rotatable bonds is 6. The van der Waals surface area contributed by atoms with E-state index in [1.807, 2.05) is 60.7 Å². The molecule has 0 bridgehead atoms. The van der Waals surface area contributed by atoms with E-state index in [4.69, 9.17) is 0 Å². The van der Waals surface area contributed by atoms with Crippen LogP contribution in [0.5, 0.6) is 0 Å². The van der Waals surface area contributed by atoms with E-state index in [1.165, 1.54) is 0 Å². The molecule has 2 N–H and O–H groups in total. The van der Waals surface area contributed by atoms with Gasteiger partial charge in [-0.05, 0) is 35.2 Å². The number of nitrogens with one attached hydrogen (secondary N) is 1. The van der Waals surface area contributed by atoms with Crippen LogP contribution in [0.15, 0.2) is 72.8 Å². The largest absolute Gasteiger partial charge is 0.480 e. The highest BCUT2D eigenvalue weighted by molar-refractivity contribution is 6.07. The number of hydrogen-bond acceptors (Lipinski definition) is 2. The molecular weight excluding hydrogens is 314 g/mol. The van der Waals surface area contributed by atoms with Crippen molar-refractivity contribution in [2.45, 2.75) is 18.9 Å². The Balaban J connectivity index is 1.75. The van der Waals surface area contributed by atoms with Gasteiger partial charge in [0, 0.05) is 5.56 Å². The second kappa shape index (κ2) is 7.62. The van der Waals surface area contributed by atoms with Gasteiger partial charge < -0.3 is 10.4 Å². The maximum absolute atomic E-state index is 12.6. The fourth-order valence-corrected chi connectivity index (χ4v) is 2.87. The number of benzene rings is 3. The van der Waals surface area contributed by atoms with E-state index in [0.717, 1.165) is 16.3 Å². The van der Waals surface area contributed by atoms with Crippen molar-refractivity contribution in [1.29, 1.82) is 0 Å². The number of carbonyl (C=O) groups is 2. The van der Waals surface area contributed by atoms with Crippen molar-refractivity contribution < 1.29 is 14.7 Å². The first-order chi connectivity index (χ1) is 12.1. The lowest BCUT2D eigenvalue weighted by Gasteiger charge is -2.15. The van der Waals surface area contributed by atoms with Crippen LogP contribution in [0.2, 0.25) is 0 Å². The van der Waals surface area contributed by atoms with Gasteiger partial charge in [-0.1, -0.05) is 66.7 Å². The standard InChI is InChI=1S/C21H19NO3/c23-20(18-12-6-10-16-9-4-5-11-17(16)18)22-19(21(24)25)14-13-15-7-2-1-3-8-15/h1-12,19H,13-14H2,(H,22,23)(H,24,25)/t19-/m1/s1. The molecule has 0 unspecified atom stereocenters. The highest BCUT2D eigenvalue weighted by Gasteiger charge is 2.21. The van der Waals surface area contributed by atoms with Gasteiger partial charge in [0.25, 0.3) is 5.91 Å². The molecule has 0 heterocycles. The van der Waals surface area contributed by atoms with Crippen LogP contribution in [0.4, 0.5) is 0 Å². The van der Waals surface area contributed by atoms with Crippen molar-refractivity contribution in [3.8, 4) is 0 Å². The summed E-state index contributed by atoms with van der Waals surface area (Å²) in [5.74, 6) is -1.39. The van der Waals surface area contributed by atoms with Gasteiger partial charge in [-0.3, -0.25) is 4.79 Å². The minimum absolute atomic E-state index is 0.343. The summed E-state index contributed by atoms with van der Waals surface area (Å²) in [6.45, 7) is 0. The lowest BCUT2D eigenvalue weighted by Crippen LogP contribution is -2.41. The average Bonchev–Trinajstić information content (AvgIpc) is 2.65. The molecule has 0 saturated heterocycles. The highest BCUT2D eigenvalue weighted by Crippen LogP contribution is 2.18. The molecule has 0 aromatic heterocycles. The molecular formula is C21H19NO3. The second-order valence-corrected chi connectivity index (χ2v) is 5.92. The predicted molar refractivity (Wildman–Crippen MR) is 97.6 cm³/mol. The summed E-state index contributed by atoms with van der Waals surface area (Å²) < 4.78 is 0. The third-order valence-electron chi connectivity index (χ3n) is 4.20. The van der Waals surface area contributed by atoms with E-state index in [-0.39, 0.29) is 5.91 Å². The quantitative estimate of drug-likeness (QED) is 0.723. The molecule has 1 amide bonds. The molecule has 0 aliphatic heterocycles. The molecule has 3 rings (SSSR count).